The Bertz CT molecular complexity index is 409. The van der Waals surface area contributed by atoms with Crippen LogP contribution in [0.5, 0.6) is 0 Å². The summed E-state index contributed by atoms with van der Waals surface area (Å²) in [7, 11) is 4.29. The second-order valence-electron chi connectivity index (χ2n) is 6.64. The molecule has 1 unspecified atom stereocenters. The van der Waals surface area contributed by atoms with E-state index in [2.05, 4.69) is 74.2 Å². The second-order valence-corrected chi connectivity index (χ2v) is 6.64. The van der Waals surface area contributed by atoms with Crippen molar-refractivity contribution in [2.75, 3.05) is 38.6 Å². The summed E-state index contributed by atoms with van der Waals surface area (Å²) in [4.78, 5) is 4.82. The molecule has 0 spiro atoms. The molecule has 0 bridgehead atoms. The van der Waals surface area contributed by atoms with Crippen LogP contribution in [0.1, 0.15) is 19.4 Å². The summed E-state index contributed by atoms with van der Waals surface area (Å²) in [5, 5.41) is 3.66. The molecule has 0 saturated carbocycles. The van der Waals surface area contributed by atoms with Crippen LogP contribution in [0.4, 0.5) is 5.69 Å². The monoisotopic (exact) mass is 261 g/mol. The van der Waals surface area contributed by atoms with Gasteiger partial charge in [0.1, 0.15) is 0 Å². The molecule has 0 amide bonds. The number of piperazine rings is 1. The lowest BCUT2D eigenvalue weighted by Gasteiger charge is -2.46. The fourth-order valence-corrected chi connectivity index (χ4v) is 2.74. The van der Waals surface area contributed by atoms with Crippen molar-refractivity contribution in [3.63, 3.8) is 0 Å². The molecule has 1 aliphatic heterocycles. The fourth-order valence-electron chi connectivity index (χ4n) is 2.74. The lowest BCUT2D eigenvalue weighted by molar-refractivity contribution is 0.268. The largest absolute Gasteiger partial charge is 0.364 e. The standard InChI is InChI=1S/C16H27N3/c1-13-6-8-14(9-7-13)19-12-16(2,3)17-10-15(19)11-18(4)5/h6-9,15,17H,10-12H2,1-5H3. The van der Waals surface area contributed by atoms with Gasteiger partial charge in [-0.3, -0.25) is 0 Å². The third-order valence-corrected chi connectivity index (χ3v) is 3.76. The normalized spacial score (nSPS) is 22.8. The predicted octanol–water partition coefficient (Wildman–Crippen LogP) is 2.11. The number of nitrogens with zero attached hydrogens (tertiary/aromatic N) is 2. The highest BCUT2D eigenvalue weighted by Gasteiger charge is 2.32. The van der Waals surface area contributed by atoms with Crippen molar-refractivity contribution in [3.05, 3.63) is 29.8 Å². The lowest BCUT2D eigenvalue weighted by atomic mass is 9.97. The van der Waals surface area contributed by atoms with Gasteiger partial charge in [-0.15, -0.1) is 0 Å². The Kier molecular flexibility index (Phi) is 4.16. The van der Waals surface area contributed by atoms with E-state index in [0.717, 1.165) is 19.6 Å². The molecule has 1 atom stereocenters. The first-order valence-corrected chi connectivity index (χ1v) is 7.10. The van der Waals surface area contributed by atoms with Gasteiger partial charge in [0.25, 0.3) is 0 Å². The Morgan fingerprint density at radius 2 is 1.89 bits per heavy atom. The van der Waals surface area contributed by atoms with Gasteiger partial charge < -0.3 is 15.1 Å². The van der Waals surface area contributed by atoms with Crippen molar-refractivity contribution in [2.24, 2.45) is 0 Å². The van der Waals surface area contributed by atoms with Crippen LogP contribution in [-0.4, -0.2) is 50.2 Å². The van der Waals surface area contributed by atoms with Crippen LogP contribution < -0.4 is 10.2 Å². The molecular formula is C16H27N3. The van der Waals surface area contributed by atoms with Crippen molar-refractivity contribution < 1.29 is 0 Å². The number of aryl methyl sites for hydroxylation is 1. The van der Waals surface area contributed by atoms with Crippen LogP contribution in [0.2, 0.25) is 0 Å². The van der Waals surface area contributed by atoms with Crippen LogP contribution in [-0.2, 0) is 0 Å². The van der Waals surface area contributed by atoms with Gasteiger partial charge >= 0.3 is 0 Å². The molecule has 1 saturated heterocycles. The Balaban J connectivity index is 2.21. The zero-order valence-corrected chi connectivity index (χ0v) is 12.9. The van der Waals surface area contributed by atoms with E-state index in [1.165, 1.54) is 11.3 Å². The number of likely N-dealkylation sites (N-methyl/N-ethyl adjacent to an activating group) is 1. The number of anilines is 1. The summed E-state index contributed by atoms with van der Waals surface area (Å²) in [5.41, 5.74) is 2.84. The number of hydrogen-bond acceptors (Lipinski definition) is 3. The summed E-state index contributed by atoms with van der Waals surface area (Å²) in [6.07, 6.45) is 0. The minimum atomic E-state index is 0.174. The van der Waals surface area contributed by atoms with Gasteiger partial charge in [0, 0.05) is 30.9 Å². The lowest BCUT2D eigenvalue weighted by Crippen LogP contribution is -2.63. The topological polar surface area (TPSA) is 18.5 Å². The first kappa shape index (κ1) is 14.4. The van der Waals surface area contributed by atoms with E-state index < -0.39 is 0 Å². The summed E-state index contributed by atoms with van der Waals surface area (Å²) in [6.45, 7) is 9.87. The number of benzene rings is 1. The van der Waals surface area contributed by atoms with E-state index in [4.69, 9.17) is 0 Å². The van der Waals surface area contributed by atoms with E-state index in [9.17, 15) is 0 Å². The average molecular weight is 261 g/mol. The third kappa shape index (κ3) is 3.71. The summed E-state index contributed by atoms with van der Waals surface area (Å²) in [5.74, 6) is 0. The highest BCUT2D eigenvalue weighted by molar-refractivity contribution is 5.50. The first-order valence-electron chi connectivity index (χ1n) is 7.10. The zero-order valence-electron chi connectivity index (χ0n) is 12.9. The van der Waals surface area contributed by atoms with Gasteiger partial charge in [0.05, 0.1) is 6.04 Å². The van der Waals surface area contributed by atoms with Crippen LogP contribution in [0.25, 0.3) is 0 Å². The van der Waals surface area contributed by atoms with Gasteiger partial charge in [0.2, 0.25) is 0 Å². The average Bonchev–Trinajstić information content (AvgIpc) is 2.32. The quantitative estimate of drug-likeness (QED) is 0.899. The summed E-state index contributed by atoms with van der Waals surface area (Å²) < 4.78 is 0. The highest BCUT2D eigenvalue weighted by atomic mass is 15.3. The van der Waals surface area contributed by atoms with Crippen molar-refractivity contribution in [2.45, 2.75) is 32.4 Å². The van der Waals surface area contributed by atoms with Crippen LogP contribution in [0, 0.1) is 6.92 Å². The first-order chi connectivity index (χ1) is 8.87. The summed E-state index contributed by atoms with van der Waals surface area (Å²) in [6, 6.07) is 9.44. The fraction of sp³-hybridized carbons (Fsp3) is 0.625. The molecule has 1 aromatic rings. The molecule has 2 rings (SSSR count). The zero-order chi connectivity index (χ0) is 14.0. The maximum Gasteiger partial charge on any atom is 0.0542 e. The Hall–Kier alpha value is -1.06. The van der Waals surface area contributed by atoms with E-state index >= 15 is 0 Å². The molecular weight excluding hydrogens is 234 g/mol. The number of hydrogen-bond donors (Lipinski definition) is 1. The SMILES string of the molecule is Cc1ccc(N2CC(C)(C)NCC2CN(C)C)cc1. The molecule has 106 valence electrons. The second kappa shape index (κ2) is 5.51. The van der Waals surface area contributed by atoms with Crippen LogP contribution in [0.3, 0.4) is 0 Å². The van der Waals surface area contributed by atoms with Crippen molar-refractivity contribution in [1.82, 2.24) is 10.2 Å². The van der Waals surface area contributed by atoms with E-state index in [-0.39, 0.29) is 5.54 Å². The van der Waals surface area contributed by atoms with E-state index in [1.807, 2.05) is 0 Å². The molecule has 3 heteroatoms. The Labute approximate surface area is 117 Å². The van der Waals surface area contributed by atoms with E-state index in [1.54, 1.807) is 0 Å². The van der Waals surface area contributed by atoms with Gasteiger partial charge in [-0.1, -0.05) is 17.7 Å². The number of nitrogens with one attached hydrogen (secondary N) is 1. The van der Waals surface area contributed by atoms with Crippen LogP contribution >= 0.6 is 0 Å². The molecule has 1 aliphatic rings. The van der Waals surface area contributed by atoms with Crippen LogP contribution in [0.15, 0.2) is 24.3 Å². The summed E-state index contributed by atoms with van der Waals surface area (Å²) >= 11 is 0. The van der Waals surface area contributed by atoms with Crippen molar-refractivity contribution in [1.29, 1.82) is 0 Å². The van der Waals surface area contributed by atoms with Crippen molar-refractivity contribution >= 4 is 5.69 Å². The van der Waals surface area contributed by atoms with Crippen molar-refractivity contribution in [3.8, 4) is 0 Å². The molecule has 3 nitrogen and oxygen atoms in total. The van der Waals surface area contributed by atoms with Gasteiger partial charge in [-0.2, -0.15) is 0 Å². The molecule has 1 aromatic carbocycles. The molecule has 1 fully saturated rings. The Morgan fingerprint density at radius 3 is 2.47 bits per heavy atom. The molecule has 0 radical (unpaired) electrons. The predicted molar refractivity (Wildman–Crippen MR) is 82.9 cm³/mol. The highest BCUT2D eigenvalue weighted by Crippen LogP contribution is 2.24. The molecule has 19 heavy (non-hydrogen) atoms. The number of rotatable bonds is 3. The van der Waals surface area contributed by atoms with Gasteiger partial charge in [0.15, 0.2) is 0 Å². The molecule has 1 N–H and O–H groups in total. The van der Waals surface area contributed by atoms with Gasteiger partial charge in [-0.25, -0.2) is 0 Å². The maximum atomic E-state index is 3.66. The maximum absolute atomic E-state index is 3.66. The minimum absolute atomic E-state index is 0.174. The molecule has 0 aromatic heterocycles. The minimum Gasteiger partial charge on any atom is -0.364 e. The van der Waals surface area contributed by atoms with Gasteiger partial charge in [-0.05, 0) is 47.0 Å². The smallest absolute Gasteiger partial charge is 0.0542 e. The molecule has 1 heterocycles. The molecule has 0 aliphatic carbocycles. The Morgan fingerprint density at radius 1 is 1.26 bits per heavy atom. The third-order valence-electron chi connectivity index (χ3n) is 3.76. The van der Waals surface area contributed by atoms with E-state index in [0.29, 0.717) is 6.04 Å².